The third kappa shape index (κ3) is 5.37. The number of aromatic nitrogens is 4. The van der Waals surface area contributed by atoms with Crippen molar-refractivity contribution in [2.24, 2.45) is 0 Å². The molecule has 0 saturated carbocycles. The first kappa shape index (κ1) is 26.6. The number of nitrogens with zero attached hydrogens (tertiary/aromatic N) is 4. The van der Waals surface area contributed by atoms with Crippen molar-refractivity contribution in [3.05, 3.63) is 126 Å². The van der Waals surface area contributed by atoms with Crippen LogP contribution in [0.5, 0.6) is 11.5 Å². The molecule has 2 N–H and O–H groups in total. The molecule has 1 amide bonds. The van der Waals surface area contributed by atoms with E-state index in [1.54, 1.807) is 32.6 Å². The lowest BCUT2D eigenvalue weighted by molar-refractivity contribution is 0.0943. The number of methoxy groups -OCH3 is 2. The van der Waals surface area contributed by atoms with E-state index < -0.39 is 0 Å². The van der Waals surface area contributed by atoms with Crippen molar-refractivity contribution < 1.29 is 18.7 Å². The summed E-state index contributed by atoms with van der Waals surface area (Å²) in [6, 6.07) is 28.4. The zero-order chi connectivity index (χ0) is 28.9. The van der Waals surface area contributed by atoms with Gasteiger partial charge < -0.3 is 24.5 Å². The monoisotopic (exact) mass is 560 g/mol. The Bertz CT molecular complexity index is 1760. The largest absolute Gasteiger partial charge is 0.493 e. The van der Waals surface area contributed by atoms with Gasteiger partial charge in [0.2, 0.25) is 11.8 Å². The molecule has 0 spiro atoms. The van der Waals surface area contributed by atoms with Crippen LogP contribution in [0.2, 0.25) is 0 Å². The molecule has 0 aliphatic carbocycles. The molecule has 6 aromatic rings. The predicted molar refractivity (Wildman–Crippen MR) is 158 cm³/mol. The molecule has 0 aliphatic rings. The number of furan rings is 1. The molecule has 3 aromatic heterocycles. The molecule has 6 rings (SSSR count). The van der Waals surface area contributed by atoms with Crippen molar-refractivity contribution in [1.82, 2.24) is 24.9 Å². The molecule has 0 fully saturated rings. The number of carbonyl (C=O) groups excluding carboxylic acids is 1. The number of rotatable bonds is 10. The molecule has 3 heterocycles. The number of anilines is 1. The minimum absolute atomic E-state index is 0.272. The van der Waals surface area contributed by atoms with Gasteiger partial charge in [-0.2, -0.15) is 4.52 Å². The summed E-state index contributed by atoms with van der Waals surface area (Å²) in [5.74, 6) is 2.13. The average molecular weight is 561 g/mol. The summed E-state index contributed by atoms with van der Waals surface area (Å²) in [5, 5.41) is 11.1. The second-order valence-corrected chi connectivity index (χ2v) is 9.41. The van der Waals surface area contributed by atoms with Gasteiger partial charge in [-0.1, -0.05) is 66.7 Å². The summed E-state index contributed by atoms with van der Waals surface area (Å²) in [5.41, 5.74) is 3.45. The van der Waals surface area contributed by atoms with Crippen LogP contribution in [0.4, 0.5) is 5.95 Å². The third-order valence-corrected chi connectivity index (χ3v) is 6.79. The van der Waals surface area contributed by atoms with Crippen LogP contribution in [0.1, 0.15) is 33.1 Å². The van der Waals surface area contributed by atoms with Gasteiger partial charge in [0.1, 0.15) is 5.56 Å². The summed E-state index contributed by atoms with van der Waals surface area (Å²) in [6.07, 6.45) is 3.06. The Morgan fingerprint density at radius 3 is 2.26 bits per heavy atom. The van der Waals surface area contributed by atoms with E-state index in [-0.39, 0.29) is 17.5 Å². The first-order valence-electron chi connectivity index (χ1n) is 13.3. The third-order valence-electron chi connectivity index (χ3n) is 6.79. The number of benzene rings is 3. The van der Waals surface area contributed by atoms with Crippen molar-refractivity contribution in [2.75, 3.05) is 19.5 Å². The number of ether oxygens (including phenoxy) is 2. The normalized spacial score (nSPS) is 11.0. The molecule has 0 bridgehead atoms. The maximum Gasteiger partial charge on any atom is 0.257 e. The lowest BCUT2D eigenvalue weighted by Crippen LogP contribution is -2.30. The van der Waals surface area contributed by atoms with E-state index >= 15 is 0 Å². The quantitative estimate of drug-likeness (QED) is 0.225. The maximum atomic E-state index is 13.8. The first-order valence-corrected chi connectivity index (χ1v) is 13.3. The molecule has 0 unspecified atom stereocenters. The number of hydrogen-bond acceptors (Lipinski definition) is 8. The van der Waals surface area contributed by atoms with Gasteiger partial charge in [0.15, 0.2) is 22.9 Å². The van der Waals surface area contributed by atoms with Crippen LogP contribution >= 0.6 is 0 Å². The van der Waals surface area contributed by atoms with Crippen LogP contribution in [0, 0.1) is 0 Å². The van der Waals surface area contributed by atoms with Gasteiger partial charge in [0, 0.05) is 12.7 Å². The number of hydrogen-bond donors (Lipinski definition) is 2. The molecule has 210 valence electrons. The van der Waals surface area contributed by atoms with Gasteiger partial charge in [-0.15, -0.1) is 5.10 Å². The fourth-order valence-corrected chi connectivity index (χ4v) is 4.69. The van der Waals surface area contributed by atoms with Crippen LogP contribution in [0.15, 0.2) is 108 Å². The number of amides is 1. The second kappa shape index (κ2) is 11.8. The highest BCUT2D eigenvalue weighted by molar-refractivity contribution is 6.00. The molecule has 0 aliphatic heterocycles. The Balaban J connectivity index is 1.35. The lowest BCUT2D eigenvalue weighted by Gasteiger charge is -2.20. The highest BCUT2D eigenvalue weighted by Crippen LogP contribution is 2.28. The Kier molecular flexibility index (Phi) is 7.50. The zero-order valence-corrected chi connectivity index (χ0v) is 23.0. The van der Waals surface area contributed by atoms with Crippen LogP contribution in [0.25, 0.3) is 17.2 Å². The number of nitrogens with one attached hydrogen (secondary N) is 2. The SMILES string of the molecule is COc1ccc(CNc2ncc(C(=O)NC(c3ccccc3)c3ccccc3)c3nc(-c4ccco4)nn23)cc1OC. The molecule has 0 radical (unpaired) electrons. The lowest BCUT2D eigenvalue weighted by atomic mass is 9.98. The molecular weight excluding hydrogens is 532 g/mol. The Hall–Kier alpha value is -5.64. The molecule has 0 saturated heterocycles. The minimum Gasteiger partial charge on any atom is -0.493 e. The van der Waals surface area contributed by atoms with E-state index in [4.69, 9.17) is 13.9 Å². The highest BCUT2D eigenvalue weighted by Gasteiger charge is 2.23. The van der Waals surface area contributed by atoms with Gasteiger partial charge >= 0.3 is 0 Å². The van der Waals surface area contributed by atoms with Gasteiger partial charge in [-0.05, 0) is 41.0 Å². The molecular formula is C32H28N6O4. The van der Waals surface area contributed by atoms with Crippen molar-refractivity contribution in [3.8, 4) is 23.1 Å². The van der Waals surface area contributed by atoms with E-state index in [0.29, 0.717) is 41.2 Å². The molecule has 0 atom stereocenters. The van der Waals surface area contributed by atoms with Crippen LogP contribution in [-0.4, -0.2) is 39.7 Å². The topological polar surface area (TPSA) is 116 Å². The van der Waals surface area contributed by atoms with Crippen molar-refractivity contribution in [2.45, 2.75) is 12.6 Å². The van der Waals surface area contributed by atoms with E-state index in [9.17, 15) is 4.79 Å². The molecule has 3 aromatic carbocycles. The van der Waals surface area contributed by atoms with Gasteiger partial charge in [0.25, 0.3) is 5.91 Å². The number of fused-ring (bicyclic) bond motifs is 1. The van der Waals surface area contributed by atoms with Gasteiger partial charge in [-0.3, -0.25) is 4.79 Å². The summed E-state index contributed by atoms with van der Waals surface area (Å²) in [6.45, 7) is 0.411. The van der Waals surface area contributed by atoms with Crippen LogP contribution in [0.3, 0.4) is 0 Å². The number of carbonyl (C=O) groups is 1. The van der Waals surface area contributed by atoms with E-state index in [2.05, 4.69) is 25.7 Å². The summed E-state index contributed by atoms with van der Waals surface area (Å²) >= 11 is 0. The Labute approximate surface area is 242 Å². The van der Waals surface area contributed by atoms with Crippen LogP contribution in [-0.2, 0) is 6.54 Å². The molecule has 10 heteroatoms. The molecule has 10 nitrogen and oxygen atoms in total. The second-order valence-electron chi connectivity index (χ2n) is 9.41. The van der Waals surface area contributed by atoms with Crippen molar-refractivity contribution in [1.29, 1.82) is 0 Å². The Morgan fingerprint density at radius 2 is 1.62 bits per heavy atom. The van der Waals surface area contributed by atoms with Crippen molar-refractivity contribution >= 4 is 17.5 Å². The Morgan fingerprint density at radius 1 is 0.905 bits per heavy atom. The van der Waals surface area contributed by atoms with Crippen molar-refractivity contribution in [3.63, 3.8) is 0 Å². The van der Waals surface area contributed by atoms with Gasteiger partial charge in [-0.25, -0.2) is 9.97 Å². The average Bonchev–Trinajstić information content (AvgIpc) is 3.74. The highest BCUT2D eigenvalue weighted by atomic mass is 16.5. The molecule has 42 heavy (non-hydrogen) atoms. The fourth-order valence-electron chi connectivity index (χ4n) is 4.69. The fraction of sp³-hybridized carbons (Fsp3) is 0.125. The summed E-state index contributed by atoms with van der Waals surface area (Å²) in [7, 11) is 3.19. The predicted octanol–water partition coefficient (Wildman–Crippen LogP) is 5.53. The summed E-state index contributed by atoms with van der Waals surface area (Å²) < 4.78 is 17.8. The van der Waals surface area contributed by atoms with E-state index in [1.807, 2.05) is 78.9 Å². The van der Waals surface area contributed by atoms with E-state index in [1.165, 1.54) is 10.7 Å². The summed E-state index contributed by atoms with van der Waals surface area (Å²) in [4.78, 5) is 23.1. The zero-order valence-electron chi connectivity index (χ0n) is 23.0. The maximum absolute atomic E-state index is 13.8. The smallest absolute Gasteiger partial charge is 0.257 e. The first-order chi connectivity index (χ1) is 20.6. The van der Waals surface area contributed by atoms with E-state index in [0.717, 1.165) is 16.7 Å². The van der Waals surface area contributed by atoms with Crippen LogP contribution < -0.4 is 20.1 Å². The standard InChI is InChI=1S/C32H28N6O4/c1-40-25-16-15-21(18-27(25)41-2)19-33-32-34-20-24(30-36-29(37-38(30)32)26-14-9-17-42-26)31(39)35-28(22-10-5-3-6-11-22)23-12-7-4-8-13-23/h3-18,20,28H,19H2,1-2H3,(H,33,34)(H,35,39). The van der Waals surface area contributed by atoms with Gasteiger partial charge in [0.05, 0.1) is 26.5 Å². The minimum atomic E-state index is -0.379.